The van der Waals surface area contributed by atoms with Gasteiger partial charge in [0.2, 0.25) is 0 Å². The zero-order valence-corrected chi connectivity index (χ0v) is 13.2. The molecule has 104 valence electrons. The van der Waals surface area contributed by atoms with Crippen LogP contribution in [-0.2, 0) is 11.3 Å². The van der Waals surface area contributed by atoms with Gasteiger partial charge in [0, 0.05) is 16.4 Å². The lowest BCUT2D eigenvalue weighted by molar-refractivity contribution is 0.185. The Hall–Kier alpha value is -1.60. The zero-order chi connectivity index (χ0) is 14.5. The molecule has 0 saturated carbocycles. The first-order valence-corrected chi connectivity index (χ1v) is 7.12. The lowest BCUT2D eigenvalue weighted by Crippen LogP contribution is -2.19. The van der Waals surface area contributed by atoms with Crippen LogP contribution in [0.15, 0.2) is 42.5 Å². The number of ether oxygens (including phenoxy) is 1. The molecule has 0 aliphatic carbocycles. The number of primary amides is 1. The van der Waals surface area contributed by atoms with Crippen molar-refractivity contribution < 1.29 is 9.53 Å². The van der Waals surface area contributed by atoms with Crippen molar-refractivity contribution in [2.45, 2.75) is 6.61 Å². The maximum atomic E-state index is 10.9. The highest BCUT2D eigenvalue weighted by Crippen LogP contribution is 2.27. The highest BCUT2D eigenvalue weighted by Gasteiger charge is 2.07. The van der Waals surface area contributed by atoms with Crippen LogP contribution in [0.4, 0.5) is 10.5 Å². The first kappa shape index (κ1) is 14.8. The van der Waals surface area contributed by atoms with E-state index in [-0.39, 0.29) is 0 Å². The minimum Gasteiger partial charge on any atom is -0.380 e. The monoisotopic (exact) mass is 382 g/mol. The van der Waals surface area contributed by atoms with Crippen molar-refractivity contribution in [2.75, 3.05) is 12.4 Å². The summed E-state index contributed by atoms with van der Waals surface area (Å²) in [5.41, 5.74) is 8.99. The molecule has 0 bridgehead atoms. The number of nitrogens with two attached hydrogens (primary N) is 1. The molecule has 0 aliphatic rings. The van der Waals surface area contributed by atoms with Crippen LogP contribution < -0.4 is 11.1 Å². The van der Waals surface area contributed by atoms with Gasteiger partial charge in [0.05, 0.1) is 6.61 Å². The number of methoxy groups -OCH3 is 1. The number of nitrogens with one attached hydrogen (secondary N) is 1. The second-order valence-corrected chi connectivity index (χ2v) is 5.55. The smallest absolute Gasteiger partial charge is 0.316 e. The Bertz CT molecular complexity index is 612. The number of benzene rings is 2. The predicted molar refractivity (Wildman–Crippen MR) is 88.5 cm³/mol. The van der Waals surface area contributed by atoms with Crippen molar-refractivity contribution in [3.63, 3.8) is 0 Å². The lowest BCUT2D eigenvalue weighted by atomic mass is 9.99. The van der Waals surface area contributed by atoms with Crippen LogP contribution in [0.1, 0.15) is 5.56 Å². The Morgan fingerprint density at radius 1 is 1.25 bits per heavy atom. The standard InChI is InChI=1S/C15H15IN2O2/c1-20-9-11-8-13(18-15(17)19)6-7-14(11)10-2-4-12(16)5-3-10/h2-8H,9H2,1H3,(H3,17,18,19). The van der Waals surface area contributed by atoms with Gasteiger partial charge >= 0.3 is 6.03 Å². The summed E-state index contributed by atoms with van der Waals surface area (Å²) in [6.07, 6.45) is 0. The van der Waals surface area contributed by atoms with Gasteiger partial charge < -0.3 is 15.8 Å². The van der Waals surface area contributed by atoms with Crippen LogP contribution in [0.3, 0.4) is 0 Å². The quantitative estimate of drug-likeness (QED) is 0.794. The molecule has 0 radical (unpaired) electrons. The van der Waals surface area contributed by atoms with Crippen molar-refractivity contribution in [3.05, 3.63) is 51.6 Å². The normalized spacial score (nSPS) is 10.3. The number of rotatable bonds is 4. The average molecular weight is 382 g/mol. The second kappa shape index (κ2) is 6.71. The highest BCUT2D eigenvalue weighted by molar-refractivity contribution is 14.1. The molecular formula is C15H15IN2O2. The molecule has 3 N–H and O–H groups in total. The first-order valence-electron chi connectivity index (χ1n) is 6.04. The molecule has 0 saturated heterocycles. The molecule has 0 heterocycles. The Kier molecular flexibility index (Phi) is 4.97. The highest BCUT2D eigenvalue weighted by atomic mass is 127. The number of halogens is 1. The SMILES string of the molecule is COCc1cc(NC(N)=O)ccc1-c1ccc(I)cc1. The summed E-state index contributed by atoms with van der Waals surface area (Å²) in [5.74, 6) is 0. The number of hydrogen-bond donors (Lipinski definition) is 2. The van der Waals surface area contributed by atoms with Crippen LogP contribution >= 0.6 is 22.6 Å². The molecule has 0 spiro atoms. The number of carbonyl (C=O) groups is 1. The first-order chi connectivity index (χ1) is 9.60. The molecule has 0 aliphatic heterocycles. The van der Waals surface area contributed by atoms with Gasteiger partial charge in [0.1, 0.15) is 0 Å². The minimum absolute atomic E-state index is 0.468. The molecule has 2 amide bonds. The van der Waals surface area contributed by atoms with Crippen molar-refractivity contribution in [2.24, 2.45) is 5.73 Å². The molecular weight excluding hydrogens is 367 g/mol. The van der Waals surface area contributed by atoms with E-state index in [4.69, 9.17) is 10.5 Å². The molecule has 0 aromatic heterocycles. The van der Waals surface area contributed by atoms with Crippen LogP contribution in [0.2, 0.25) is 0 Å². The van der Waals surface area contributed by atoms with Crippen LogP contribution in [-0.4, -0.2) is 13.1 Å². The number of urea groups is 1. The molecule has 2 aromatic carbocycles. The van der Waals surface area contributed by atoms with Crippen LogP contribution in [0.25, 0.3) is 11.1 Å². The fourth-order valence-corrected chi connectivity index (χ4v) is 2.36. The molecule has 5 heteroatoms. The Morgan fingerprint density at radius 3 is 2.55 bits per heavy atom. The van der Waals surface area contributed by atoms with Crippen LogP contribution in [0.5, 0.6) is 0 Å². The minimum atomic E-state index is -0.574. The number of carbonyl (C=O) groups excluding carboxylic acids is 1. The third-order valence-corrected chi connectivity index (χ3v) is 3.55. The number of hydrogen-bond acceptors (Lipinski definition) is 2. The van der Waals surface area contributed by atoms with E-state index in [1.165, 1.54) is 3.57 Å². The molecule has 2 aromatic rings. The lowest BCUT2D eigenvalue weighted by Gasteiger charge is -2.12. The third-order valence-electron chi connectivity index (χ3n) is 2.83. The third kappa shape index (κ3) is 3.71. The van der Waals surface area contributed by atoms with Crippen LogP contribution in [0, 0.1) is 3.57 Å². The van der Waals surface area contributed by atoms with Gasteiger partial charge in [-0.25, -0.2) is 4.79 Å². The second-order valence-electron chi connectivity index (χ2n) is 4.30. The van der Waals surface area contributed by atoms with E-state index in [1.807, 2.05) is 18.2 Å². The number of amides is 2. The molecule has 2 rings (SSSR count). The van der Waals surface area contributed by atoms with Gasteiger partial charge in [0.25, 0.3) is 0 Å². The molecule has 0 unspecified atom stereocenters. The van der Waals surface area contributed by atoms with Crippen molar-refractivity contribution in [1.82, 2.24) is 0 Å². The van der Waals surface area contributed by atoms with Crippen molar-refractivity contribution in [3.8, 4) is 11.1 Å². The van der Waals surface area contributed by atoms with E-state index in [0.717, 1.165) is 16.7 Å². The largest absolute Gasteiger partial charge is 0.380 e. The fraction of sp³-hybridized carbons (Fsp3) is 0.133. The van der Waals surface area contributed by atoms with Gasteiger partial charge in [-0.3, -0.25) is 0 Å². The Labute approximate surface area is 131 Å². The summed E-state index contributed by atoms with van der Waals surface area (Å²) in [5, 5.41) is 2.57. The van der Waals surface area contributed by atoms with Crippen molar-refractivity contribution >= 4 is 34.3 Å². The predicted octanol–water partition coefficient (Wildman–Crippen LogP) is 3.60. The molecule has 20 heavy (non-hydrogen) atoms. The van der Waals surface area contributed by atoms with E-state index >= 15 is 0 Å². The van der Waals surface area contributed by atoms with Gasteiger partial charge in [-0.1, -0.05) is 18.2 Å². The molecule has 4 nitrogen and oxygen atoms in total. The van der Waals surface area contributed by atoms with E-state index < -0.39 is 6.03 Å². The summed E-state index contributed by atoms with van der Waals surface area (Å²) < 4.78 is 6.42. The van der Waals surface area contributed by atoms with Gasteiger partial charge in [-0.15, -0.1) is 0 Å². The van der Waals surface area contributed by atoms with E-state index in [0.29, 0.717) is 12.3 Å². The average Bonchev–Trinajstić information content (AvgIpc) is 2.40. The summed E-state index contributed by atoms with van der Waals surface area (Å²) in [6.45, 7) is 0.468. The maximum Gasteiger partial charge on any atom is 0.316 e. The summed E-state index contributed by atoms with van der Waals surface area (Å²) in [7, 11) is 1.64. The van der Waals surface area contributed by atoms with Gasteiger partial charge in [-0.05, 0) is 63.5 Å². The van der Waals surface area contributed by atoms with Gasteiger partial charge in [0.15, 0.2) is 0 Å². The molecule has 0 atom stereocenters. The van der Waals surface area contributed by atoms with Gasteiger partial charge in [-0.2, -0.15) is 0 Å². The summed E-state index contributed by atoms with van der Waals surface area (Å²) in [4.78, 5) is 10.9. The summed E-state index contributed by atoms with van der Waals surface area (Å²) in [6, 6.07) is 13.3. The fourth-order valence-electron chi connectivity index (χ4n) is 2.00. The van der Waals surface area contributed by atoms with E-state index in [2.05, 4.69) is 52.2 Å². The van der Waals surface area contributed by atoms with E-state index in [1.54, 1.807) is 7.11 Å². The Balaban J connectivity index is 2.41. The Morgan fingerprint density at radius 2 is 1.95 bits per heavy atom. The van der Waals surface area contributed by atoms with E-state index in [9.17, 15) is 4.79 Å². The number of anilines is 1. The zero-order valence-electron chi connectivity index (χ0n) is 11.0. The summed E-state index contributed by atoms with van der Waals surface area (Å²) >= 11 is 2.27. The topological polar surface area (TPSA) is 64.3 Å². The maximum absolute atomic E-state index is 10.9. The van der Waals surface area contributed by atoms with Crippen molar-refractivity contribution in [1.29, 1.82) is 0 Å². The molecule has 0 fully saturated rings.